The second kappa shape index (κ2) is 31.3. The molecule has 9 heterocycles. The molecule has 18 heteroatoms. The van der Waals surface area contributed by atoms with Crippen LogP contribution in [0, 0.1) is 0 Å². The van der Waals surface area contributed by atoms with Crippen LogP contribution in [0.25, 0.3) is 235 Å². The standard InChI is InChI=1S/3C35H21N5O/c1-3-9-22(10-4-1)23-15-17-26(18-16-23)34-38-33(25-12-5-2-6-13-25)39-35(40-34)31-32-30(36-21-37-31)29-27-14-8-7-11-24(27)19-20-28(29)41-32;1-3-9-22(10-4-1)23-15-17-25(18-16-23)34-38-33(24-11-5-2-6-12-24)39-35(40-34)28-19-26-20-36-21-37-31(26)30-27-13-7-8-14-29(27)41-32(28)30;1-3-9-22(10-4-1)23-15-17-25(18-16-23)33-38-32(24-11-5-2-6-12-24)39-34(40-33)26-19-20-30-27(21-26)31-35(41-30)37-29-14-8-7-13-28(29)36-31/h3*1-21H. The highest BCUT2D eigenvalue weighted by Gasteiger charge is 2.25. The smallest absolute Gasteiger partial charge is 0.246 e. The van der Waals surface area contributed by atoms with E-state index in [1.54, 1.807) is 12.7 Å². The summed E-state index contributed by atoms with van der Waals surface area (Å²) in [5, 5.41) is 6.82. The van der Waals surface area contributed by atoms with E-state index in [-0.39, 0.29) is 0 Å². The largest absolute Gasteiger partial charge is 0.455 e. The number of hydrogen-bond donors (Lipinski definition) is 0. The fourth-order valence-corrected chi connectivity index (χ4v) is 15.6. The molecule has 123 heavy (non-hydrogen) atoms. The van der Waals surface area contributed by atoms with Crippen molar-refractivity contribution in [2.24, 2.45) is 0 Å². The fraction of sp³-hybridized carbons (Fsp3) is 0. The summed E-state index contributed by atoms with van der Waals surface area (Å²) in [5.41, 5.74) is 22.3. The van der Waals surface area contributed by atoms with E-state index >= 15 is 0 Å². The Hall–Kier alpha value is -17.3. The summed E-state index contributed by atoms with van der Waals surface area (Å²) >= 11 is 0. The van der Waals surface area contributed by atoms with Gasteiger partial charge < -0.3 is 13.3 Å². The number of rotatable bonds is 12. The highest BCUT2D eigenvalue weighted by molar-refractivity contribution is 6.21. The third-order valence-electron chi connectivity index (χ3n) is 21.7. The molecular weight excluding hydrogens is 1520 g/mol. The summed E-state index contributed by atoms with van der Waals surface area (Å²) in [6, 6.07) is 122. The van der Waals surface area contributed by atoms with Crippen molar-refractivity contribution in [1.29, 1.82) is 0 Å². The van der Waals surface area contributed by atoms with E-state index in [2.05, 4.69) is 146 Å². The number of furan rings is 3. The maximum atomic E-state index is 6.44. The predicted octanol–water partition coefficient (Wildman–Crippen LogP) is 25.1. The minimum absolute atomic E-state index is 0.428. The zero-order chi connectivity index (χ0) is 81.5. The Labute approximate surface area is 701 Å². The van der Waals surface area contributed by atoms with Crippen molar-refractivity contribution in [2.45, 2.75) is 0 Å². The molecule has 24 aromatic rings. The van der Waals surface area contributed by atoms with E-state index in [0.717, 1.165) is 154 Å². The van der Waals surface area contributed by atoms with Gasteiger partial charge in [-0.1, -0.05) is 315 Å². The second-order valence-electron chi connectivity index (χ2n) is 29.4. The van der Waals surface area contributed by atoms with Gasteiger partial charge in [-0.25, -0.2) is 74.8 Å². The van der Waals surface area contributed by atoms with Gasteiger partial charge in [0.25, 0.3) is 0 Å². The summed E-state index contributed by atoms with van der Waals surface area (Å²) in [4.78, 5) is 71.9. The fourth-order valence-electron chi connectivity index (χ4n) is 15.6. The Morgan fingerprint density at radius 1 is 0.203 bits per heavy atom. The lowest BCUT2D eigenvalue weighted by molar-refractivity contribution is 0.655. The molecule has 0 fully saturated rings. The third kappa shape index (κ3) is 14.0. The molecule has 0 unspecified atom stereocenters. The van der Waals surface area contributed by atoms with Gasteiger partial charge in [-0.2, -0.15) is 0 Å². The number of aromatic nitrogens is 15. The van der Waals surface area contributed by atoms with Crippen LogP contribution in [-0.2, 0) is 0 Å². The summed E-state index contributed by atoms with van der Waals surface area (Å²) in [6.45, 7) is 0. The van der Waals surface area contributed by atoms with Gasteiger partial charge in [0.1, 0.15) is 46.0 Å². The molecule has 0 aliphatic carbocycles. The van der Waals surface area contributed by atoms with E-state index in [1.165, 1.54) is 0 Å². The Morgan fingerprint density at radius 2 is 0.585 bits per heavy atom. The average Bonchev–Trinajstić information content (AvgIpc) is 1.61. The van der Waals surface area contributed by atoms with Gasteiger partial charge in [0.2, 0.25) is 5.71 Å². The summed E-state index contributed by atoms with van der Waals surface area (Å²) < 4.78 is 18.9. The van der Waals surface area contributed by atoms with Gasteiger partial charge >= 0.3 is 0 Å². The number of benzene rings is 15. The van der Waals surface area contributed by atoms with Crippen LogP contribution in [0.4, 0.5) is 0 Å². The van der Waals surface area contributed by atoms with Crippen molar-refractivity contribution in [2.75, 3.05) is 0 Å². The van der Waals surface area contributed by atoms with Gasteiger partial charge in [0.05, 0.1) is 32.9 Å². The third-order valence-corrected chi connectivity index (χ3v) is 21.7. The SMILES string of the molecule is c1ccc(-c2ccc(-c3nc(-c4ccccc4)nc(-c4cc5cncnc5c5c4oc4ccccc45)n3)cc2)cc1.c1ccc(-c2ccc(-c3nc(-c4ccccc4)nc(-c4ccc5oc6nc7ccccc7nc6c5c4)n3)cc2)cc1.c1ccc(-c2ccc(-c3nc(-c4ccccc4)nc(-c4ncnc5c4oc4ccc6ccccc6c45)n3)cc2)cc1. The second-order valence-corrected chi connectivity index (χ2v) is 29.4. The highest BCUT2D eigenvalue weighted by Crippen LogP contribution is 2.43. The lowest BCUT2D eigenvalue weighted by atomic mass is 10.0. The molecule has 24 rings (SSSR count). The highest BCUT2D eigenvalue weighted by atomic mass is 16.3. The van der Waals surface area contributed by atoms with Crippen LogP contribution in [0.5, 0.6) is 0 Å². The minimum atomic E-state index is 0.428. The van der Waals surface area contributed by atoms with Crippen LogP contribution in [0.2, 0.25) is 0 Å². The topological polar surface area (TPSA) is 233 Å². The van der Waals surface area contributed by atoms with Crippen molar-refractivity contribution >= 4 is 98.9 Å². The van der Waals surface area contributed by atoms with E-state index in [0.29, 0.717) is 80.6 Å². The summed E-state index contributed by atoms with van der Waals surface area (Å²) in [5.74, 6) is 5.04. The number of nitrogens with zero attached hydrogens (tertiary/aromatic N) is 15. The van der Waals surface area contributed by atoms with Crippen LogP contribution in [0.3, 0.4) is 0 Å². The Balaban J connectivity index is 0.000000110. The lowest BCUT2D eigenvalue weighted by Gasteiger charge is -2.10. The van der Waals surface area contributed by atoms with Gasteiger partial charge in [-0.3, -0.25) is 0 Å². The zero-order valence-electron chi connectivity index (χ0n) is 65.3. The molecule has 15 aromatic carbocycles. The molecule has 0 aliphatic rings. The minimum Gasteiger partial charge on any atom is -0.455 e. The molecule has 576 valence electrons. The maximum absolute atomic E-state index is 6.44. The van der Waals surface area contributed by atoms with E-state index in [4.69, 9.17) is 63.1 Å². The van der Waals surface area contributed by atoms with Gasteiger partial charge in [0, 0.05) is 61.3 Å². The molecule has 18 nitrogen and oxygen atoms in total. The van der Waals surface area contributed by atoms with E-state index in [9.17, 15) is 0 Å². The normalized spacial score (nSPS) is 11.4. The molecule has 0 spiro atoms. The summed E-state index contributed by atoms with van der Waals surface area (Å²) in [7, 11) is 0. The lowest BCUT2D eigenvalue weighted by Crippen LogP contribution is -2.01. The van der Waals surface area contributed by atoms with Crippen LogP contribution in [0.15, 0.2) is 396 Å². The number of fused-ring (bicyclic) bond motifs is 14. The van der Waals surface area contributed by atoms with Gasteiger partial charge in [-0.15, -0.1) is 0 Å². The van der Waals surface area contributed by atoms with Crippen LogP contribution < -0.4 is 0 Å². The molecule has 0 N–H and O–H groups in total. The Morgan fingerprint density at radius 3 is 1.11 bits per heavy atom. The predicted molar refractivity (Wildman–Crippen MR) is 486 cm³/mol. The zero-order valence-corrected chi connectivity index (χ0v) is 65.3. The molecule has 0 bridgehead atoms. The quantitative estimate of drug-likeness (QED) is 0.111. The first-order valence-electron chi connectivity index (χ1n) is 40.0. The average molecular weight is 1580 g/mol. The van der Waals surface area contributed by atoms with Crippen molar-refractivity contribution in [1.82, 2.24) is 74.8 Å². The van der Waals surface area contributed by atoms with E-state index < -0.39 is 0 Å². The van der Waals surface area contributed by atoms with Crippen LogP contribution in [0.1, 0.15) is 0 Å². The molecule has 0 radical (unpaired) electrons. The molecule has 0 aliphatic heterocycles. The first-order valence-corrected chi connectivity index (χ1v) is 40.0. The first-order chi connectivity index (χ1) is 60.9. The molecular formula is C105H63N15O3. The van der Waals surface area contributed by atoms with Crippen molar-refractivity contribution in [3.63, 3.8) is 0 Å². The monoisotopic (exact) mass is 1580 g/mol. The van der Waals surface area contributed by atoms with Crippen LogP contribution >= 0.6 is 0 Å². The molecule has 0 atom stereocenters. The Kier molecular flexibility index (Phi) is 18.4. The molecule has 9 aromatic heterocycles. The van der Waals surface area contributed by atoms with Gasteiger partial charge in [-0.05, 0) is 92.7 Å². The van der Waals surface area contributed by atoms with Crippen molar-refractivity contribution < 1.29 is 13.3 Å². The maximum Gasteiger partial charge on any atom is 0.246 e. The van der Waals surface area contributed by atoms with Crippen molar-refractivity contribution in [3.05, 3.63) is 383 Å². The Bertz CT molecular complexity index is 8090. The van der Waals surface area contributed by atoms with Crippen molar-refractivity contribution in [3.8, 4) is 136 Å². The summed E-state index contributed by atoms with van der Waals surface area (Å²) in [6.07, 6.45) is 4.93. The number of hydrogen-bond acceptors (Lipinski definition) is 18. The molecule has 0 saturated heterocycles. The molecule has 0 saturated carbocycles. The van der Waals surface area contributed by atoms with Gasteiger partial charge in [0.15, 0.2) is 63.7 Å². The van der Waals surface area contributed by atoms with Crippen LogP contribution in [-0.4, -0.2) is 74.8 Å². The van der Waals surface area contributed by atoms with E-state index in [1.807, 2.05) is 249 Å². The first kappa shape index (κ1) is 72.2. The molecule has 0 amide bonds. The number of para-hydroxylation sites is 3.